The van der Waals surface area contributed by atoms with E-state index in [1.54, 1.807) is 17.7 Å². The molecule has 1 spiro atoms. The Labute approximate surface area is 188 Å². The van der Waals surface area contributed by atoms with E-state index in [2.05, 4.69) is 38.5 Å². The van der Waals surface area contributed by atoms with Crippen LogP contribution >= 0.6 is 11.3 Å². The Hall–Kier alpha value is -2.59. The fourth-order valence-electron chi connectivity index (χ4n) is 5.43. The summed E-state index contributed by atoms with van der Waals surface area (Å²) in [6.07, 6.45) is 2.88. The molecule has 2 fully saturated rings. The molecule has 5 atom stereocenters. The summed E-state index contributed by atoms with van der Waals surface area (Å²) in [5, 5.41) is 27.1. The third-order valence-electron chi connectivity index (χ3n) is 7.19. The fourth-order valence-corrected chi connectivity index (χ4v) is 6.23. The first kappa shape index (κ1) is 20.0. The Kier molecular flexibility index (Phi) is 4.52. The highest BCUT2D eigenvalue weighted by atomic mass is 32.1. The van der Waals surface area contributed by atoms with Crippen LogP contribution in [0.3, 0.4) is 0 Å². The molecule has 1 aromatic carbocycles. The van der Waals surface area contributed by atoms with E-state index < -0.39 is 17.6 Å². The van der Waals surface area contributed by atoms with Gasteiger partial charge in [0.05, 0.1) is 40.8 Å². The fraction of sp³-hybridized carbons (Fsp3) is 0.435. The van der Waals surface area contributed by atoms with Crippen molar-refractivity contribution >= 4 is 37.7 Å². The molecule has 0 radical (unpaired) electrons. The molecule has 5 unspecified atom stereocenters. The molecule has 0 bridgehead atoms. The molecule has 8 nitrogen and oxygen atoms in total. The number of fused-ring (bicyclic) bond motifs is 2. The number of nitrogens with one attached hydrogen (secondary N) is 1. The zero-order chi connectivity index (χ0) is 22.0. The predicted molar refractivity (Wildman–Crippen MR) is 123 cm³/mol. The van der Waals surface area contributed by atoms with E-state index >= 15 is 0 Å². The van der Waals surface area contributed by atoms with Gasteiger partial charge in [0.15, 0.2) is 5.13 Å². The maximum atomic E-state index is 11.1. The lowest BCUT2D eigenvalue weighted by atomic mass is 9.80. The lowest BCUT2D eigenvalue weighted by molar-refractivity contribution is -0.0309. The minimum absolute atomic E-state index is 0.134. The average Bonchev–Trinajstić information content (AvgIpc) is 3.56. The van der Waals surface area contributed by atoms with Crippen LogP contribution in [0.2, 0.25) is 0 Å². The number of hydrogen-bond acceptors (Lipinski definition) is 8. The van der Waals surface area contributed by atoms with Gasteiger partial charge in [0.2, 0.25) is 0 Å². The Morgan fingerprint density at radius 2 is 2.09 bits per heavy atom. The lowest BCUT2D eigenvalue weighted by Gasteiger charge is -2.26. The summed E-state index contributed by atoms with van der Waals surface area (Å²) in [5.74, 6) is 0. The number of aliphatic hydroxyl groups excluding tert-OH is 2. The molecule has 3 N–H and O–H groups in total. The number of rotatable bonds is 3. The number of hydrogen-bond donors (Lipinski definition) is 3. The standard InChI is InChI=1S/C23H25N5O3S/c1-12-14-5-6-28(21(14)26-11-25-12)16-8-23(20(30)19(16)29)9-17(31-10-23)13-3-4-18-15(7-13)27-22(24-2)32-18/h3-7,11,16-17,19-20,29-30H,8-10H2,1-2H3,(H,24,27). The number of ether oxygens (including phenoxy) is 1. The molecular weight excluding hydrogens is 426 g/mol. The number of aromatic nitrogens is 4. The zero-order valence-electron chi connectivity index (χ0n) is 17.9. The Morgan fingerprint density at radius 3 is 2.94 bits per heavy atom. The van der Waals surface area contributed by atoms with Crippen LogP contribution in [0.15, 0.2) is 36.8 Å². The molecule has 32 heavy (non-hydrogen) atoms. The summed E-state index contributed by atoms with van der Waals surface area (Å²) >= 11 is 1.62. The van der Waals surface area contributed by atoms with Gasteiger partial charge in [-0.25, -0.2) is 15.0 Å². The van der Waals surface area contributed by atoms with Gasteiger partial charge in [0, 0.05) is 24.0 Å². The van der Waals surface area contributed by atoms with Gasteiger partial charge in [-0.1, -0.05) is 17.4 Å². The molecule has 6 rings (SSSR count). The Bertz CT molecular complexity index is 1320. The minimum Gasteiger partial charge on any atom is -0.390 e. The van der Waals surface area contributed by atoms with Gasteiger partial charge in [-0.15, -0.1) is 0 Å². The molecule has 0 amide bonds. The maximum Gasteiger partial charge on any atom is 0.183 e. The van der Waals surface area contributed by atoms with Crippen molar-refractivity contribution in [2.24, 2.45) is 5.41 Å². The van der Waals surface area contributed by atoms with Crippen molar-refractivity contribution in [3.8, 4) is 0 Å². The molecular formula is C23H25N5O3S. The normalized spacial score (nSPS) is 30.1. The van der Waals surface area contributed by atoms with Crippen molar-refractivity contribution in [2.45, 2.75) is 44.1 Å². The zero-order valence-corrected chi connectivity index (χ0v) is 18.7. The van der Waals surface area contributed by atoms with Crippen molar-refractivity contribution in [2.75, 3.05) is 19.0 Å². The van der Waals surface area contributed by atoms with E-state index in [0.29, 0.717) is 19.4 Å². The maximum absolute atomic E-state index is 11.1. The Morgan fingerprint density at radius 1 is 1.22 bits per heavy atom. The molecule has 4 heterocycles. The third-order valence-corrected chi connectivity index (χ3v) is 8.24. The first-order valence-corrected chi connectivity index (χ1v) is 11.6. The summed E-state index contributed by atoms with van der Waals surface area (Å²) in [6, 6.07) is 7.95. The number of aliphatic hydroxyl groups is 2. The molecule has 1 saturated heterocycles. The molecule has 3 aromatic heterocycles. The van der Waals surface area contributed by atoms with E-state index in [0.717, 1.165) is 37.6 Å². The van der Waals surface area contributed by atoms with Crippen LogP contribution in [0.5, 0.6) is 0 Å². The van der Waals surface area contributed by atoms with Crippen molar-refractivity contribution < 1.29 is 14.9 Å². The minimum atomic E-state index is -0.887. The predicted octanol–water partition coefficient (Wildman–Crippen LogP) is 3.21. The van der Waals surface area contributed by atoms with Crippen LogP contribution in [0.4, 0.5) is 5.13 Å². The van der Waals surface area contributed by atoms with Crippen molar-refractivity contribution in [1.82, 2.24) is 19.5 Å². The molecule has 1 saturated carbocycles. The van der Waals surface area contributed by atoms with Crippen LogP contribution in [0.1, 0.15) is 36.2 Å². The van der Waals surface area contributed by atoms with Gasteiger partial charge in [0.1, 0.15) is 18.1 Å². The number of nitrogens with zero attached hydrogens (tertiary/aromatic N) is 4. The van der Waals surface area contributed by atoms with Gasteiger partial charge in [-0.05, 0) is 43.5 Å². The highest BCUT2D eigenvalue weighted by Crippen LogP contribution is 2.55. The van der Waals surface area contributed by atoms with Crippen LogP contribution in [-0.2, 0) is 4.74 Å². The average molecular weight is 452 g/mol. The highest BCUT2D eigenvalue weighted by molar-refractivity contribution is 7.22. The number of aryl methyl sites for hydroxylation is 1. The van der Waals surface area contributed by atoms with E-state index in [9.17, 15) is 10.2 Å². The molecule has 2 aliphatic rings. The quantitative estimate of drug-likeness (QED) is 0.439. The SMILES string of the molecule is CNc1nc2cc(C3CC4(CO3)CC(n3ccc5c(C)ncnc53)C(O)C4O)ccc2s1. The largest absolute Gasteiger partial charge is 0.390 e. The number of thiazole rings is 1. The smallest absolute Gasteiger partial charge is 0.183 e. The van der Waals surface area contributed by atoms with Gasteiger partial charge in [0.25, 0.3) is 0 Å². The summed E-state index contributed by atoms with van der Waals surface area (Å²) in [5.41, 5.74) is 3.19. The second kappa shape index (κ2) is 7.21. The van der Waals surface area contributed by atoms with E-state index in [-0.39, 0.29) is 12.1 Å². The van der Waals surface area contributed by atoms with E-state index in [4.69, 9.17) is 4.74 Å². The van der Waals surface area contributed by atoms with Gasteiger partial charge >= 0.3 is 0 Å². The molecule has 9 heteroatoms. The lowest BCUT2D eigenvalue weighted by Crippen LogP contribution is -2.37. The first-order valence-electron chi connectivity index (χ1n) is 10.8. The molecule has 166 valence electrons. The molecule has 1 aliphatic carbocycles. The monoisotopic (exact) mass is 451 g/mol. The van der Waals surface area contributed by atoms with Crippen LogP contribution < -0.4 is 5.32 Å². The van der Waals surface area contributed by atoms with Gasteiger partial charge < -0.3 is 24.8 Å². The van der Waals surface area contributed by atoms with E-state index in [1.165, 1.54) is 0 Å². The number of benzene rings is 1. The van der Waals surface area contributed by atoms with Crippen LogP contribution in [0.25, 0.3) is 21.3 Å². The van der Waals surface area contributed by atoms with Crippen LogP contribution in [-0.4, -0.2) is 55.6 Å². The second-order valence-corrected chi connectivity index (χ2v) is 10.0. The van der Waals surface area contributed by atoms with Gasteiger partial charge in [-0.2, -0.15) is 0 Å². The number of anilines is 1. The van der Waals surface area contributed by atoms with Crippen molar-refractivity contribution in [3.05, 3.63) is 48.0 Å². The molecule has 4 aromatic rings. The summed E-state index contributed by atoms with van der Waals surface area (Å²) in [7, 11) is 1.87. The third kappa shape index (κ3) is 2.88. The highest BCUT2D eigenvalue weighted by Gasteiger charge is 2.57. The van der Waals surface area contributed by atoms with Crippen molar-refractivity contribution in [1.29, 1.82) is 0 Å². The molecule has 1 aliphatic heterocycles. The van der Waals surface area contributed by atoms with Crippen LogP contribution in [0, 0.1) is 12.3 Å². The van der Waals surface area contributed by atoms with E-state index in [1.807, 2.05) is 30.8 Å². The summed E-state index contributed by atoms with van der Waals surface area (Å²) < 4.78 is 9.31. The Balaban J connectivity index is 1.29. The second-order valence-electron chi connectivity index (χ2n) is 8.99. The summed E-state index contributed by atoms with van der Waals surface area (Å²) in [6.45, 7) is 2.36. The van der Waals surface area contributed by atoms with Gasteiger partial charge in [-0.3, -0.25) is 0 Å². The van der Waals surface area contributed by atoms with Crippen molar-refractivity contribution in [3.63, 3.8) is 0 Å². The first-order chi connectivity index (χ1) is 15.5. The summed E-state index contributed by atoms with van der Waals surface area (Å²) in [4.78, 5) is 13.3. The topological polar surface area (TPSA) is 105 Å².